The van der Waals surface area contributed by atoms with Crippen LogP contribution in [0.2, 0.25) is 5.02 Å². The normalized spacial score (nSPS) is 9.93. The van der Waals surface area contributed by atoms with Crippen molar-refractivity contribution in [1.29, 1.82) is 0 Å². The van der Waals surface area contributed by atoms with E-state index in [1.807, 2.05) is 6.92 Å². The van der Waals surface area contributed by atoms with Crippen molar-refractivity contribution in [2.45, 2.75) is 6.92 Å². The maximum atomic E-state index is 10.7. The quantitative estimate of drug-likeness (QED) is 0.681. The van der Waals surface area contributed by atoms with E-state index in [0.717, 1.165) is 0 Å². The van der Waals surface area contributed by atoms with Crippen LogP contribution >= 0.6 is 27.5 Å². The van der Waals surface area contributed by atoms with Gasteiger partial charge in [0.15, 0.2) is 0 Å². The van der Waals surface area contributed by atoms with Crippen LogP contribution in [0.1, 0.15) is 6.92 Å². The Morgan fingerprint density at radius 1 is 1.64 bits per heavy atom. The molecule has 0 aliphatic heterocycles. The van der Waals surface area contributed by atoms with E-state index in [2.05, 4.69) is 21.2 Å². The Morgan fingerprint density at radius 2 is 2.29 bits per heavy atom. The predicted molar refractivity (Wildman–Crippen MR) is 60.0 cm³/mol. The lowest BCUT2D eigenvalue weighted by atomic mass is 10.2. The third-order valence-corrected chi connectivity index (χ3v) is 2.89. The summed E-state index contributed by atoms with van der Waals surface area (Å²) in [6.07, 6.45) is 0. The second-order valence-corrected chi connectivity index (χ2v) is 3.78. The maximum absolute atomic E-state index is 10.7. The molecule has 0 spiro atoms. The van der Waals surface area contributed by atoms with Crippen LogP contribution in [0, 0.1) is 10.1 Å². The van der Waals surface area contributed by atoms with Crippen molar-refractivity contribution in [2.24, 2.45) is 0 Å². The minimum atomic E-state index is -0.495. The summed E-state index contributed by atoms with van der Waals surface area (Å²) in [4.78, 5) is 10.2. The number of hydrogen-bond donors (Lipinski definition) is 1. The summed E-state index contributed by atoms with van der Waals surface area (Å²) in [6.45, 7) is 2.47. The van der Waals surface area contributed by atoms with Crippen LogP contribution in [0.3, 0.4) is 0 Å². The molecule has 0 radical (unpaired) electrons. The zero-order chi connectivity index (χ0) is 10.7. The van der Waals surface area contributed by atoms with Gasteiger partial charge in [-0.05, 0) is 35.0 Å². The number of halogens is 2. The van der Waals surface area contributed by atoms with Crippen molar-refractivity contribution >= 4 is 38.9 Å². The smallest absolute Gasteiger partial charge is 0.311 e. The lowest BCUT2D eigenvalue weighted by molar-refractivity contribution is -0.383. The maximum Gasteiger partial charge on any atom is 0.311 e. The Labute approximate surface area is 94.5 Å². The van der Waals surface area contributed by atoms with E-state index in [9.17, 15) is 10.1 Å². The number of rotatable bonds is 3. The van der Waals surface area contributed by atoms with Crippen LogP contribution in [-0.4, -0.2) is 11.5 Å². The Bertz CT molecular complexity index is 371. The fraction of sp³-hybridized carbons (Fsp3) is 0.250. The van der Waals surface area contributed by atoms with Gasteiger partial charge in [0.1, 0.15) is 10.7 Å². The molecule has 0 aromatic heterocycles. The topological polar surface area (TPSA) is 55.2 Å². The summed E-state index contributed by atoms with van der Waals surface area (Å²) >= 11 is 8.94. The molecule has 0 heterocycles. The largest absolute Gasteiger partial charge is 0.380 e. The first-order valence-corrected chi connectivity index (χ1v) is 5.11. The highest BCUT2D eigenvalue weighted by Gasteiger charge is 2.20. The molecule has 0 amide bonds. The third-order valence-electron chi connectivity index (χ3n) is 1.62. The summed E-state index contributed by atoms with van der Waals surface area (Å²) < 4.78 is 0.521. The van der Waals surface area contributed by atoms with Crippen LogP contribution in [0.5, 0.6) is 0 Å². The van der Waals surface area contributed by atoms with Gasteiger partial charge in [-0.25, -0.2) is 0 Å². The van der Waals surface area contributed by atoms with Gasteiger partial charge in [-0.2, -0.15) is 0 Å². The minimum Gasteiger partial charge on any atom is -0.380 e. The molecule has 1 rings (SSSR count). The zero-order valence-corrected chi connectivity index (χ0v) is 9.72. The molecule has 0 fully saturated rings. The van der Waals surface area contributed by atoms with Crippen LogP contribution in [0.4, 0.5) is 11.4 Å². The zero-order valence-electron chi connectivity index (χ0n) is 7.38. The molecule has 1 N–H and O–H groups in total. The van der Waals surface area contributed by atoms with Crippen molar-refractivity contribution in [1.82, 2.24) is 0 Å². The highest BCUT2D eigenvalue weighted by atomic mass is 79.9. The molecule has 0 aliphatic rings. The van der Waals surface area contributed by atoms with Gasteiger partial charge in [-0.15, -0.1) is 0 Å². The predicted octanol–water partition coefficient (Wildman–Crippen LogP) is 3.44. The van der Waals surface area contributed by atoms with Crippen LogP contribution in [0.25, 0.3) is 0 Å². The van der Waals surface area contributed by atoms with Gasteiger partial charge >= 0.3 is 5.69 Å². The van der Waals surface area contributed by atoms with Crippen LogP contribution in [0.15, 0.2) is 16.6 Å². The summed E-state index contributed by atoms with van der Waals surface area (Å²) in [5, 5.41) is 13.7. The van der Waals surface area contributed by atoms with Gasteiger partial charge < -0.3 is 5.32 Å². The molecule has 0 atom stereocenters. The first-order chi connectivity index (χ1) is 6.57. The first kappa shape index (κ1) is 11.3. The lowest BCUT2D eigenvalue weighted by Gasteiger charge is -2.06. The van der Waals surface area contributed by atoms with E-state index in [-0.39, 0.29) is 10.7 Å². The van der Waals surface area contributed by atoms with E-state index in [0.29, 0.717) is 16.7 Å². The van der Waals surface area contributed by atoms with Gasteiger partial charge in [-0.1, -0.05) is 11.6 Å². The summed E-state index contributed by atoms with van der Waals surface area (Å²) in [5.74, 6) is 0. The average Bonchev–Trinajstić information content (AvgIpc) is 2.11. The highest BCUT2D eigenvalue weighted by Crippen LogP contribution is 2.37. The molecule has 0 saturated carbocycles. The van der Waals surface area contributed by atoms with E-state index >= 15 is 0 Å². The fourth-order valence-corrected chi connectivity index (χ4v) is 1.61. The second-order valence-electron chi connectivity index (χ2n) is 2.54. The Hall–Kier alpha value is -0.810. The molecule has 0 aliphatic carbocycles. The van der Waals surface area contributed by atoms with E-state index < -0.39 is 4.92 Å². The van der Waals surface area contributed by atoms with Crippen molar-refractivity contribution < 1.29 is 4.92 Å². The van der Waals surface area contributed by atoms with Gasteiger partial charge in [-0.3, -0.25) is 10.1 Å². The first-order valence-electron chi connectivity index (χ1n) is 3.94. The summed E-state index contributed by atoms with van der Waals surface area (Å²) in [6, 6.07) is 3.30. The van der Waals surface area contributed by atoms with Gasteiger partial charge in [0.2, 0.25) is 0 Å². The molecule has 0 unspecified atom stereocenters. The van der Waals surface area contributed by atoms with Crippen molar-refractivity contribution in [2.75, 3.05) is 11.9 Å². The Morgan fingerprint density at radius 3 is 2.79 bits per heavy atom. The van der Waals surface area contributed by atoms with Crippen molar-refractivity contribution in [3.8, 4) is 0 Å². The third kappa shape index (κ3) is 2.16. The minimum absolute atomic E-state index is 0.0945. The highest BCUT2D eigenvalue weighted by molar-refractivity contribution is 9.10. The molecule has 14 heavy (non-hydrogen) atoms. The second kappa shape index (κ2) is 4.61. The number of benzene rings is 1. The molecule has 1 aromatic carbocycles. The van der Waals surface area contributed by atoms with Crippen molar-refractivity contribution in [3.05, 3.63) is 31.7 Å². The van der Waals surface area contributed by atoms with Gasteiger partial charge in [0.05, 0.1) is 4.92 Å². The monoisotopic (exact) mass is 278 g/mol. The molecule has 4 nitrogen and oxygen atoms in total. The molecule has 0 saturated heterocycles. The number of anilines is 1. The molecule has 0 bridgehead atoms. The van der Waals surface area contributed by atoms with Gasteiger partial charge in [0.25, 0.3) is 0 Å². The number of nitrogens with zero attached hydrogens (tertiary/aromatic N) is 1. The van der Waals surface area contributed by atoms with Gasteiger partial charge in [0, 0.05) is 11.0 Å². The fourth-order valence-electron chi connectivity index (χ4n) is 1.05. The number of hydrogen-bond acceptors (Lipinski definition) is 3. The Kier molecular flexibility index (Phi) is 3.71. The number of nitrogens with one attached hydrogen (secondary N) is 1. The number of nitro benzene ring substituents is 1. The molecule has 1 aromatic rings. The number of nitro groups is 1. The van der Waals surface area contributed by atoms with Crippen LogP contribution < -0.4 is 5.32 Å². The van der Waals surface area contributed by atoms with E-state index in [1.54, 1.807) is 12.1 Å². The summed E-state index contributed by atoms with van der Waals surface area (Å²) in [5.41, 5.74) is 0.341. The SMILES string of the molecule is CCNc1ccc(Br)c(Cl)c1[N+](=O)[O-]. The molecule has 6 heteroatoms. The average molecular weight is 280 g/mol. The standard InChI is InChI=1S/C8H8BrClN2O2/c1-2-11-6-4-3-5(9)7(10)8(6)12(13)14/h3-4,11H,2H2,1H3. The van der Waals surface area contributed by atoms with Crippen LogP contribution in [-0.2, 0) is 0 Å². The van der Waals surface area contributed by atoms with E-state index in [4.69, 9.17) is 11.6 Å². The molecular weight excluding hydrogens is 271 g/mol. The molecular formula is C8H8BrClN2O2. The van der Waals surface area contributed by atoms with Crippen molar-refractivity contribution in [3.63, 3.8) is 0 Å². The van der Waals surface area contributed by atoms with E-state index in [1.165, 1.54) is 0 Å². The molecule has 76 valence electrons. The lowest BCUT2D eigenvalue weighted by Crippen LogP contribution is -2.01. The Balaban J connectivity index is 3.30. The summed E-state index contributed by atoms with van der Waals surface area (Å²) in [7, 11) is 0.